The van der Waals surface area contributed by atoms with Crippen molar-refractivity contribution in [2.45, 2.75) is 69.2 Å². The SMILES string of the molecule is CC[C@H](N)C(=O)NC1CC[C@H]2CC[C@@H](C(=O)NC(c3ccccc3)c3ccccc3)N2C1=O. The fraction of sp³-hybridized carbons (Fsp3) is 0.423. The van der Waals surface area contributed by atoms with Crippen molar-refractivity contribution in [1.29, 1.82) is 0 Å². The largest absolute Gasteiger partial charge is 0.343 e. The van der Waals surface area contributed by atoms with Crippen LogP contribution >= 0.6 is 0 Å². The first-order chi connectivity index (χ1) is 16.0. The van der Waals surface area contributed by atoms with E-state index in [4.69, 9.17) is 5.73 Å². The summed E-state index contributed by atoms with van der Waals surface area (Å²) in [7, 11) is 0. The van der Waals surface area contributed by atoms with Crippen LogP contribution in [0.15, 0.2) is 60.7 Å². The summed E-state index contributed by atoms with van der Waals surface area (Å²) < 4.78 is 0. The van der Waals surface area contributed by atoms with Crippen LogP contribution in [-0.4, -0.2) is 46.8 Å². The van der Waals surface area contributed by atoms with Crippen molar-refractivity contribution in [3.8, 4) is 0 Å². The summed E-state index contributed by atoms with van der Waals surface area (Å²) in [6, 6.07) is 17.6. The van der Waals surface area contributed by atoms with Crippen LogP contribution in [0, 0.1) is 0 Å². The van der Waals surface area contributed by atoms with Gasteiger partial charge in [-0.3, -0.25) is 14.4 Å². The highest BCUT2D eigenvalue weighted by Crippen LogP contribution is 2.33. The Labute approximate surface area is 194 Å². The molecule has 2 aliphatic heterocycles. The monoisotopic (exact) mass is 448 g/mol. The van der Waals surface area contributed by atoms with Crippen LogP contribution in [0.25, 0.3) is 0 Å². The zero-order valence-electron chi connectivity index (χ0n) is 18.9. The zero-order chi connectivity index (χ0) is 23.4. The molecule has 0 aromatic heterocycles. The number of fused-ring (bicyclic) bond motifs is 1. The van der Waals surface area contributed by atoms with E-state index in [1.165, 1.54) is 0 Å². The average Bonchev–Trinajstić information content (AvgIpc) is 3.29. The van der Waals surface area contributed by atoms with Crippen LogP contribution in [0.5, 0.6) is 0 Å². The molecule has 1 unspecified atom stereocenters. The minimum Gasteiger partial charge on any atom is -0.343 e. The van der Waals surface area contributed by atoms with Gasteiger partial charge in [0.05, 0.1) is 12.1 Å². The predicted molar refractivity (Wildman–Crippen MR) is 126 cm³/mol. The molecule has 33 heavy (non-hydrogen) atoms. The highest BCUT2D eigenvalue weighted by Gasteiger charge is 2.46. The molecular formula is C26H32N4O3. The van der Waals surface area contributed by atoms with E-state index < -0.39 is 18.1 Å². The van der Waals surface area contributed by atoms with Crippen LogP contribution in [0.3, 0.4) is 0 Å². The number of nitrogens with two attached hydrogens (primary N) is 1. The number of piperidine rings is 1. The molecule has 0 spiro atoms. The van der Waals surface area contributed by atoms with E-state index in [1.807, 2.05) is 67.6 Å². The predicted octanol–water partition coefficient (Wildman–Crippen LogP) is 2.27. The number of hydrogen-bond donors (Lipinski definition) is 3. The van der Waals surface area contributed by atoms with Crippen LogP contribution in [0.2, 0.25) is 0 Å². The Bertz CT molecular complexity index is 942. The van der Waals surface area contributed by atoms with Gasteiger partial charge in [-0.05, 0) is 43.2 Å². The van der Waals surface area contributed by atoms with Gasteiger partial charge in [0.15, 0.2) is 0 Å². The number of nitrogens with one attached hydrogen (secondary N) is 2. The molecule has 7 nitrogen and oxygen atoms in total. The highest BCUT2D eigenvalue weighted by atomic mass is 16.2. The number of carbonyl (C=O) groups is 3. The Morgan fingerprint density at radius 3 is 2.12 bits per heavy atom. The average molecular weight is 449 g/mol. The topological polar surface area (TPSA) is 105 Å². The van der Waals surface area contributed by atoms with Crippen molar-refractivity contribution in [2.75, 3.05) is 0 Å². The van der Waals surface area contributed by atoms with E-state index >= 15 is 0 Å². The molecular weight excluding hydrogens is 416 g/mol. The van der Waals surface area contributed by atoms with Gasteiger partial charge in [0.1, 0.15) is 12.1 Å². The Morgan fingerprint density at radius 2 is 1.55 bits per heavy atom. The van der Waals surface area contributed by atoms with Gasteiger partial charge in [-0.25, -0.2) is 0 Å². The van der Waals surface area contributed by atoms with Crippen molar-refractivity contribution < 1.29 is 14.4 Å². The Balaban J connectivity index is 1.51. The first kappa shape index (κ1) is 23.0. The van der Waals surface area contributed by atoms with E-state index in [2.05, 4.69) is 10.6 Å². The molecule has 0 bridgehead atoms. The second-order valence-electron chi connectivity index (χ2n) is 8.91. The van der Waals surface area contributed by atoms with Crippen LogP contribution in [-0.2, 0) is 14.4 Å². The van der Waals surface area contributed by atoms with Gasteiger partial charge in [-0.2, -0.15) is 0 Å². The molecule has 2 aliphatic rings. The summed E-state index contributed by atoms with van der Waals surface area (Å²) in [6.07, 6.45) is 3.26. The molecule has 0 saturated carbocycles. The van der Waals surface area contributed by atoms with Gasteiger partial charge in [0.2, 0.25) is 17.7 Å². The number of nitrogens with zero attached hydrogens (tertiary/aromatic N) is 1. The zero-order valence-corrected chi connectivity index (χ0v) is 18.9. The maximum Gasteiger partial charge on any atom is 0.246 e. The lowest BCUT2D eigenvalue weighted by Gasteiger charge is -2.38. The molecule has 2 fully saturated rings. The van der Waals surface area contributed by atoms with Crippen LogP contribution < -0.4 is 16.4 Å². The van der Waals surface area contributed by atoms with E-state index in [0.717, 1.165) is 24.0 Å². The second-order valence-corrected chi connectivity index (χ2v) is 8.91. The summed E-state index contributed by atoms with van der Waals surface area (Å²) in [5, 5.41) is 5.98. The van der Waals surface area contributed by atoms with Crippen LogP contribution in [0.4, 0.5) is 0 Å². The third-order valence-corrected chi connectivity index (χ3v) is 6.79. The summed E-state index contributed by atoms with van der Waals surface area (Å²) in [6.45, 7) is 1.83. The first-order valence-electron chi connectivity index (χ1n) is 11.8. The fourth-order valence-corrected chi connectivity index (χ4v) is 4.91. The minimum atomic E-state index is -0.634. The van der Waals surface area contributed by atoms with Crippen molar-refractivity contribution in [2.24, 2.45) is 5.73 Å². The number of benzene rings is 2. The molecule has 4 N–H and O–H groups in total. The third-order valence-electron chi connectivity index (χ3n) is 6.79. The van der Waals surface area contributed by atoms with Gasteiger partial charge in [0, 0.05) is 6.04 Å². The minimum absolute atomic E-state index is 0.0353. The Morgan fingerprint density at radius 1 is 0.970 bits per heavy atom. The number of carbonyl (C=O) groups excluding carboxylic acids is 3. The Kier molecular flexibility index (Phi) is 7.08. The van der Waals surface area contributed by atoms with E-state index in [0.29, 0.717) is 19.3 Å². The van der Waals surface area contributed by atoms with Crippen molar-refractivity contribution in [1.82, 2.24) is 15.5 Å². The lowest BCUT2D eigenvalue weighted by molar-refractivity contribution is -0.146. The maximum absolute atomic E-state index is 13.5. The van der Waals surface area contributed by atoms with Crippen molar-refractivity contribution >= 4 is 17.7 Å². The number of rotatable bonds is 7. The summed E-state index contributed by atoms with van der Waals surface area (Å²) in [5.74, 6) is -0.667. The van der Waals surface area contributed by atoms with Gasteiger partial charge < -0.3 is 21.3 Å². The summed E-state index contributed by atoms with van der Waals surface area (Å²) in [5.41, 5.74) is 7.79. The molecule has 4 rings (SSSR count). The van der Waals surface area contributed by atoms with Crippen molar-refractivity contribution in [3.05, 3.63) is 71.8 Å². The number of amides is 3. The molecule has 2 heterocycles. The lowest BCUT2D eigenvalue weighted by atomic mass is 9.97. The standard InChI is InChI=1S/C26H32N4O3/c1-2-20(27)24(31)28-21-15-13-19-14-16-22(30(19)26(21)33)25(32)29-23(17-9-5-3-6-10-17)18-11-7-4-8-12-18/h3-12,19-23H,2,13-16,27H2,1H3,(H,28,31)(H,29,32)/t19-,20-,21?,22-/m0/s1. The smallest absolute Gasteiger partial charge is 0.246 e. The summed E-state index contributed by atoms with van der Waals surface area (Å²) in [4.78, 5) is 40.7. The van der Waals surface area contributed by atoms with E-state index in [9.17, 15) is 14.4 Å². The van der Waals surface area contributed by atoms with Gasteiger partial charge in [-0.15, -0.1) is 0 Å². The molecule has 4 atom stereocenters. The van der Waals surface area contributed by atoms with E-state index in [1.54, 1.807) is 4.90 Å². The molecule has 7 heteroatoms. The maximum atomic E-state index is 13.5. The molecule has 2 saturated heterocycles. The normalized spacial score (nSPS) is 23.2. The fourth-order valence-electron chi connectivity index (χ4n) is 4.91. The Hall–Kier alpha value is -3.19. The van der Waals surface area contributed by atoms with Gasteiger partial charge in [0.25, 0.3) is 0 Å². The molecule has 174 valence electrons. The molecule has 2 aromatic rings. The molecule has 0 aliphatic carbocycles. The quantitative estimate of drug-likeness (QED) is 0.604. The molecule has 2 aromatic carbocycles. The third kappa shape index (κ3) is 4.93. The first-order valence-corrected chi connectivity index (χ1v) is 11.8. The van der Waals surface area contributed by atoms with Gasteiger partial charge >= 0.3 is 0 Å². The van der Waals surface area contributed by atoms with Crippen molar-refractivity contribution in [3.63, 3.8) is 0 Å². The molecule has 0 radical (unpaired) electrons. The second kappa shape index (κ2) is 10.2. The lowest BCUT2D eigenvalue weighted by Crippen LogP contribution is -2.60. The van der Waals surface area contributed by atoms with E-state index in [-0.39, 0.29) is 29.8 Å². The van der Waals surface area contributed by atoms with Crippen LogP contribution in [0.1, 0.15) is 56.2 Å². The highest BCUT2D eigenvalue weighted by molar-refractivity contribution is 5.94. The number of hydrogen-bond acceptors (Lipinski definition) is 4. The summed E-state index contributed by atoms with van der Waals surface area (Å²) >= 11 is 0. The molecule has 3 amide bonds. The van der Waals surface area contributed by atoms with Gasteiger partial charge in [-0.1, -0.05) is 67.6 Å².